The van der Waals surface area contributed by atoms with Crippen LogP contribution in [-0.4, -0.2) is 23.1 Å². The Balaban J connectivity index is 2.16. The Morgan fingerprint density at radius 3 is 3.15 bits per heavy atom. The van der Waals surface area contributed by atoms with Gasteiger partial charge in [0.15, 0.2) is 0 Å². The Kier molecular flexibility index (Phi) is 4.35. The van der Waals surface area contributed by atoms with Crippen molar-refractivity contribution >= 4 is 0 Å². The molecule has 75 valence electrons. The Morgan fingerprint density at radius 1 is 1.69 bits per heavy atom. The zero-order valence-electron chi connectivity index (χ0n) is 7.98. The van der Waals surface area contributed by atoms with Crippen molar-refractivity contribution in [2.75, 3.05) is 13.2 Å². The van der Waals surface area contributed by atoms with Crippen LogP contribution in [0.5, 0.6) is 0 Å². The summed E-state index contributed by atoms with van der Waals surface area (Å²) in [5, 5.41) is 16.1. The fourth-order valence-electron chi connectivity index (χ4n) is 1.09. The zero-order chi connectivity index (χ0) is 9.52. The molecule has 0 bridgehead atoms. The van der Waals surface area contributed by atoms with Crippen LogP contribution in [0.25, 0.3) is 0 Å². The van der Waals surface area contributed by atoms with E-state index in [1.165, 1.54) is 5.01 Å². The molecule has 5 nitrogen and oxygen atoms in total. The van der Waals surface area contributed by atoms with E-state index >= 15 is 0 Å². The van der Waals surface area contributed by atoms with Gasteiger partial charge in [-0.15, -0.1) is 5.01 Å². The molecule has 1 fully saturated rings. The zero-order valence-corrected chi connectivity index (χ0v) is 7.98. The van der Waals surface area contributed by atoms with Crippen molar-refractivity contribution in [1.29, 1.82) is 0 Å². The lowest BCUT2D eigenvalue weighted by Gasteiger charge is -2.09. The second kappa shape index (κ2) is 5.61. The quantitative estimate of drug-likeness (QED) is 0.285. The lowest BCUT2D eigenvalue weighted by Crippen LogP contribution is -2.24. The van der Waals surface area contributed by atoms with E-state index in [-0.39, 0.29) is 0 Å². The summed E-state index contributed by atoms with van der Waals surface area (Å²) < 4.78 is 0. The molecule has 0 aromatic rings. The number of hydrogen-bond donors (Lipinski definition) is 0. The lowest BCUT2D eigenvalue weighted by atomic mass is 10.4. The van der Waals surface area contributed by atoms with Crippen molar-refractivity contribution in [3.05, 3.63) is 11.8 Å². The van der Waals surface area contributed by atoms with Gasteiger partial charge in [-0.2, -0.15) is 0 Å². The number of hydrazine groups is 1. The molecule has 1 radical (unpaired) electrons. The maximum absolute atomic E-state index is 11.1. The van der Waals surface area contributed by atoms with E-state index in [1.807, 2.05) is 6.54 Å². The first-order chi connectivity index (χ1) is 6.34. The Bertz CT molecular complexity index is 167. The molecular formula is C8H16N3O2. The van der Waals surface area contributed by atoms with Crippen molar-refractivity contribution in [2.45, 2.75) is 32.6 Å². The highest BCUT2D eigenvalue weighted by molar-refractivity contribution is 4.68. The first-order valence-corrected chi connectivity index (χ1v) is 4.74. The molecule has 0 aromatic carbocycles. The van der Waals surface area contributed by atoms with Crippen LogP contribution in [0.2, 0.25) is 0 Å². The molecule has 1 rings (SSSR count). The summed E-state index contributed by atoms with van der Waals surface area (Å²) in [5.41, 5.74) is 0. The minimum absolute atomic E-state index is 0.517. The SMILES string of the molecule is CCCCO/N=[N+](\[O-])N1[CH]CCC1. The molecule has 1 saturated heterocycles. The minimum atomic E-state index is 0.517. The molecular weight excluding hydrogens is 170 g/mol. The van der Waals surface area contributed by atoms with Crippen molar-refractivity contribution < 1.29 is 9.81 Å². The van der Waals surface area contributed by atoms with E-state index in [1.54, 1.807) is 0 Å². The van der Waals surface area contributed by atoms with Gasteiger partial charge in [0.1, 0.15) is 13.2 Å². The average molecular weight is 186 g/mol. The van der Waals surface area contributed by atoms with Gasteiger partial charge in [0.2, 0.25) is 5.28 Å². The number of nitrogens with zero attached hydrogens (tertiary/aromatic N) is 3. The highest BCUT2D eigenvalue weighted by Gasteiger charge is 2.18. The van der Waals surface area contributed by atoms with E-state index in [0.29, 0.717) is 11.6 Å². The largest absolute Gasteiger partial charge is 0.569 e. The first-order valence-electron chi connectivity index (χ1n) is 4.74. The lowest BCUT2D eigenvalue weighted by molar-refractivity contribution is -0.700. The monoisotopic (exact) mass is 186 g/mol. The molecule has 0 amide bonds. The Morgan fingerprint density at radius 2 is 2.54 bits per heavy atom. The maximum atomic E-state index is 11.1. The number of rotatable bonds is 5. The van der Waals surface area contributed by atoms with Gasteiger partial charge in [-0.1, -0.05) is 13.3 Å². The Hall–Kier alpha value is -1.00. The second-order valence-electron chi connectivity index (χ2n) is 3.01. The van der Waals surface area contributed by atoms with Gasteiger partial charge >= 0.3 is 0 Å². The molecule has 0 spiro atoms. The van der Waals surface area contributed by atoms with Gasteiger partial charge in [-0.05, 0) is 19.3 Å². The fraction of sp³-hybridized carbons (Fsp3) is 0.875. The first kappa shape index (κ1) is 10.1. The minimum Gasteiger partial charge on any atom is -0.569 e. The molecule has 13 heavy (non-hydrogen) atoms. The molecule has 1 heterocycles. The topological polar surface area (TPSA) is 50.9 Å². The summed E-state index contributed by atoms with van der Waals surface area (Å²) in [6, 6.07) is 0. The summed E-state index contributed by atoms with van der Waals surface area (Å²) in [6.07, 6.45) is 3.94. The van der Waals surface area contributed by atoms with Crippen molar-refractivity contribution in [3.8, 4) is 0 Å². The van der Waals surface area contributed by atoms with Crippen molar-refractivity contribution in [1.82, 2.24) is 5.01 Å². The van der Waals surface area contributed by atoms with Crippen LogP contribution in [0, 0.1) is 11.8 Å². The fourth-order valence-corrected chi connectivity index (χ4v) is 1.09. The number of unbranched alkanes of at least 4 members (excludes halogenated alkanes) is 1. The molecule has 1 aliphatic heterocycles. The molecule has 0 aromatic heterocycles. The van der Waals surface area contributed by atoms with Gasteiger partial charge in [-0.25, -0.2) is 0 Å². The molecule has 0 unspecified atom stereocenters. The van der Waals surface area contributed by atoms with Gasteiger partial charge in [0.05, 0.1) is 11.5 Å². The van der Waals surface area contributed by atoms with Crippen LogP contribution >= 0.6 is 0 Å². The molecule has 0 atom stereocenters. The maximum Gasteiger partial charge on any atom is 0.233 e. The van der Waals surface area contributed by atoms with Crippen LogP contribution in [-0.2, 0) is 4.84 Å². The third kappa shape index (κ3) is 3.48. The van der Waals surface area contributed by atoms with Gasteiger partial charge in [-0.3, -0.25) is 0 Å². The van der Waals surface area contributed by atoms with Crippen LogP contribution < -0.4 is 0 Å². The average Bonchev–Trinajstić information content (AvgIpc) is 2.65. The van der Waals surface area contributed by atoms with Crippen LogP contribution in [0.4, 0.5) is 0 Å². The van der Waals surface area contributed by atoms with Gasteiger partial charge < -0.3 is 10.0 Å². The van der Waals surface area contributed by atoms with Crippen LogP contribution in [0.1, 0.15) is 32.6 Å². The molecule has 0 N–H and O–H groups in total. The van der Waals surface area contributed by atoms with E-state index in [9.17, 15) is 5.21 Å². The summed E-state index contributed by atoms with van der Waals surface area (Å²) in [7, 11) is 0. The standard InChI is InChI=1S/C8H16N3O2/c1-2-3-8-13-9-11(12)10-6-4-5-7-10/h6H,2-5,7-8H2,1H3/b11-9-. The summed E-state index contributed by atoms with van der Waals surface area (Å²) >= 11 is 0. The van der Waals surface area contributed by atoms with Gasteiger partial charge in [0, 0.05) is 0 Å². The van der Waals surface area contributed by atoms with Crippen molar-refractivity contribution in [2.24, 2.45) is 5.28 Å². The Labute approximate surface area is 78.5 Å². The summed E-state index contributed by atoms with van der Waals surface area (Å²) in [4.78, 5) is 5.34. The highest BCUT2D eigenvalue weighted by Crippen LogP contribution is 2.11. The molecule has 5 heteroatoms. The second-order valence-corrected chi connectivity index (χ2v) is 3.01. The van der Waals surface area contributed by atoms with Crippen LogP contribution in [0.15, 0.2) is 5.28 Å². The molecule has 0 aliphatic carbocycles. The van der Waals surface area contributed by atoms with Gasteiger partial charge in [0.25, 0.3) is 0 Å². The van der Waals surface area contributed by atoms with E-state index in [2.05, 4.69) is 12.2 Å². The smallest absolute Gasteiger partial charge is 0.233 e. The van der Waals surface area contributed by atoms with E-state index in [0.717, 1.165) is 32.2 Å². The third-order valence-electron chi connectivity index (χ3n) is 1.87. The van der Waals surface area contributed by atoms with Crippen LogP contribution in [0.3, 0.4) is 0 Å². The van der Waals surface area contributed by atoms with E-state index < -0.39 is 0 Å². The summed E-state index contributed by atoms with van der Waals surface area (Å²) in [5.74, 6) is 0. The highest BCUT2D eigenvalue weighted by atomic mass is 16.7. The normalized spacial score (nSPS) is 17.9. The van der Waals surface area contributed by atoms with Crippen molar-refractivity contribution in [3.63, 3.8) is 0 Å². The third-order valence-corrected chi connectivity index (χ3v) is 1.87. The molecule has 1 aliphatic rings. The predicted octanol–water partition coefficient (Wildman–Crippen LogP) is 1.85. The van der Waals surface area contributed by atoms with E-state index in [4.69, 9.17) is 4.84 Å². The summed E-state index contributed by atoms with van der Waals surface area (Å²) in [6.45, 7) is 5.15. The molecule has 0 saturated carbocycles. The predicted molar refractivity (Wildman–Crippen MR) is 47.2 cm³/mol. The number of hydrogen-bond acceptors (Lipinski definition) is 3.